The molecule has 1 heterocycles. The number of hydrogen-bond acceptors (Lipinski definition) is 1. The van der Waals surface area contributed by atoms with Crippen molar-refractivity contribution in [2.75, 3.05) is 5.32 Å². The highest BCUT2D eigenvalue weighted by atomic mass is 15.0. The van der Waals surface area contributed by atoms with Crippen LogP contribution in [0.4, 0.5) is 5.69 Å². The summed E-state index contributed by atoms with van der Waals surface area (Å²) in [4.78, 5) is 0. The van der Waals surface area contributed by atoms with Crippen LogP contribution < -0.4 is 5.32 Å². The van der Waals surface area contributed by atoms with Crippen LogP contribution in [0.1, 0.15) is 43.9 Å². The third kappa shape index (κ3) is 2.33. The Kier molecular flexibility index (Phi) is 3.52. The molecule has 1 nitrogen and oxygen atoms in total. The monoisotopic (exact) mass is 265 g/mol. The Balaban J connectivity index is 2.02. The Morgan fingerprint density at radius 2 is 1.75 bits per heavy atom. The standard InChI is InChI=1S/C19H23N/c1-3-13-19(2)14-16-11-7-8-12-17(16)20-18(19)15-9-5-4-6-10-15/h4-12,18,20H,3,13-14H2,1-2H3/t18?,19-/m1/s1. The van der Waals surface area contributed by atoms with E-state index in [0.29, 0.717) is 6.04 Å². The van der Waals surface area contributed by atoms with Crippen molar-refractivity contribution in [2.24, 2.45) is 5.41 Å². The van der Waals surface area contributed by atoms with E-state index in [1.54, 1.807) is 0 Å². The van der Waals surface area contributed by atoms with E-state index in [-0.39, 0.29) is 5.41 Å². The third-order valence-corrected chi connectivity index (χ3v) is 4.56. The molecule has 2 aromatic carbocycles. The normalized spacial score (nSPS) is 24.8. The van der Waals surface area contributed by atoms with Crippen molar-refractivity contribution < 1.29 is 0 Å². The van der Waals surface area contributed by atoms with Crippen LogP contribution in [0, 0.1) is 5.41 Å². The minimum absolute atomic E-state index is 0.282. The number of anilines is 1. The van der Waals surface area contributed by atoms with Gasteiger partial charge in [-0.2, -0.15) is 0 Å². The van der Waals surface area contributed by atoms with Gasteiger partial charge in [0.25, 0.3) is 0 Å². The molecule has 0 saturated heterocycles. The van der Waals surface area contributed by atoms with Crippen LogP contribution in [-0.4, -0.2) is 0 Å². The molecule has 1 aliphatic heterocycles. The van der Waals surface area contributed by atoms with Crippen molar-refractivity contribution >= 4 is 5.69 Å². The lowest BCUT2D eigenvalue weighted by Crippen LogP contribution is -2.37. The Morgan fingerprint density at radius 3 is 2.50 bits per heavy atom. The van der Waals surface area contributed by atoms with Gasteiger partial charge in [-0.15, -0.1) is 0 Å². The largest absolute Gasteiger partial charge is 0.377 e. The number of benzene rings is 2. The van der Waals surface area contributed by atoms with Gasteiger partial charge in [0.15, 0.2) is 0 Å². The second-order valence-corrected chi connectivity index (χ2v) is 6.23. The maximum absolute atomic E-state index is 3.79. The minimum Gasteiger partial charge on any atom is -0.377 e. The van der Waals surface area contributed by atoms with Gasteiger partial charge in [-0.05, 0) is 35.4 Å². The first-order chi connectivity index (χ1) is 9.73. The molecule has 1 heteroatoms. The van der Waals surface area contributed by atoms with Crippen molar-refractivity contribution in [2.45, 2.75) is 39.2 Å². The van der Waals surface area contributed by atoms with Crippen LogP contribution >= 0.6 is 0 Å². The summed E-state index contributed by atoms with van der Waals surface area (Å²) in [6.45, 7) is 4.71. The number of para-hydroxylation sites is 1. The van der Waals surface area contributed by atoms with Gasteiger partial charge in [-0.25, -0.2) is 0 Å². The lowest BCUT2D eigenvalue weighted by Gasteiger charge is -2.44. The molecule has 1 unspecified atom stereocenters. The van der Waals surface area contributed by atoms with Gasteiger partial charge < -0.3 is 5.32 Å². The van der Waals surface area contributed by atoms with Gasteiger partial charge in [0.2, 0.25) is 0 Å². The molecule has 0 saturated carbocycles. The van der Waals surface area contributed by atoms with Crippen molar-refractivity contribution in [1.82, 2.24) is 0 Å². The summed E-state index contributed by atoms with van der Waals surface area (Å²) < 4.78 is 0. The molecule has 0 amide bonds. The second kappa shape index (κ2) is 5.32. The molecular formula is C19H23N. The summed E-state index contributed by atoms with van der Waals surface area (Å²) in [5, 5.41) is 3.79. The molecule has 0 radical (unpaired) electrons. The molecule has 2 atom stereocenters. The van der Waals surface area contributed by atoms with E-state index >= 15 is 0 Å². The average Bonchev–Trinajstić information content (AvgIpc) is 2.47. The highest BCUT2D eigenvalue weighted by molar-refractivity contribution is 5.56. The fourth-order valence-corrected chi connectivity index (χ4v) is 3.62. The number of nitrogens with one attached hydrogen (secondary N) is 1. The maximum Gasteiger partial charge on any atom is 0.0570 e. The zero-order chi connectivity index (χ0) is 14.0. The third-order valence-electron chi connectivity index (χ3n) is 4.56. The zero-order valence-corrected chi connectivity index (χ0v) is 12.4. The van der Waals surface area contributed by atoms with E-state index in [9.17, 15) is 0 Å². The smallest absolute Gasteiger partial charge is 0.0570 e. The Morgan fingerprint density at radius 1 is 1.05 bits per heavy atom. The zero-order valence-electron chi connectivity index (χ0n) is 12.4. The predicted molar refractivity (Wildman–Crippen MR) is 86.0 cm³/mol. The van der Waals surface area contributed by atoms with Crippen LogP contribution in [0.2, 0.25) is 0 Å². The molecule has 104 valence electrons. The van der Waals surface area contributed by atoms with Crippen LogP contribution in [0.15, 0.2) is 54.6 Å². The van der Waals surface area contributed by atoms with Crippen molar-refractivity contribution in [3.05, 3.63) is 65.7 Å². The summed E-state index contributed by atoms with van der Waals surface area (Å²) >= 11 is 0. The second-order valence-electron chi connectivity index (χ2n) is 6.23. The van der Waals surface area contributed by atoms with Crippen LogP contribution in [0.25, 0.3) is 0 Å². The van der Waals surface area contributed by atoms with E-state index in [0.717, 1.165) is 6.42 Å². The van der Waals surface area contributed by atoms with Crippen LogP contribution in [-0.2, 0) is 6.42 Å². The Bertz CT molecular complexity index is 575. The molecule has 1 aliphatic rings. The molecule has 0 fully saturated rings. The summed E-state index contributed by atoms with van der Waals surface area (Å²) in [7, 11) is 0. The summed E-state index contributed by atoms with van der Waals surface area (Å²) in [5.41, 5.74) is 4.44. The summed E-state index contributed by atoms with van der Waals surface area (Å²) in [6.07, 6.45) is 3.63. The van der Waals surface area contributed by atoms with E-state index in [4.69, 9.17) is 0 Å². The first kappa shape index (κ1) is 13.2. The fraction of sp³-hybridized carbons (Fsp3) is 0.368. The topological polar surface area (TPSA) is 12.0 Å². The predicted octanol–water partition coefficient (Wildman–Crippen LogP) is 5.20. The van der Waals surface area contributed by atoms with Gasteiger partial charge >= 0.3 is 0 Å². The van der Waals surface area contributed by atoms with Crippen LogP contribution in [0.3, 0.4) is 0 Å². The van der Waals surface area contributed by atoms with Gasteiger partial charge in [-0.3, -0.25) is 0 Å². The molecule has 20 heavy (non-hydrogen) atoms. The van der Waals surface area contributed by atoms with Crippen molar-refractivity contribution in [1.29, 1.82) is 0 Å². The SMILES string of the molecule is CCC[C@]1(C)Cc2ccccc2NC1c1ccccc1. The maximum atomic E-state index is 3.79. The average molecular weight is 265 g/mol. The quantitative estimate of drug-likeness (QED) is 0.804. The Hall–Kier alpha value is -1.76. The van der Waals surface area contributed by atoms with Gasteiger partial charge in [0, 0.05) is 5.69 Å². The first-order valence-corrected chi connectivity index (χ1v) is 7.62. The van der Waals surface area contributed by atoms with Crippen LogP contribution in [0.5, 0.6) is 0 Å². The molecule has 0 bridgehead atoms. The number of fused-ring (bicyclic) bond motifs is 1. The van der Waals surface area contributed by atoms with E-state index in [1.165, 1.54) is 29.7 Å². The molecule has 3 rings (SSSR count). The van der Waals surface area contributed by atoms with E-state index in [2.05, 4.69) is 73.8 Å². The lowest BCUT2D eigenvalue weighted by atomic mass is 9.69. The van der Waals surface area contributed by atoms with Gasteiger partial charge in [0.1, 0.15) is 0 Å². The number of hydrogen-bond donors (Lipinski definition) is 1. The molecule has 2 aromatic rings. The molecule has 0 aromatic heterocycles. The highest BCUT2D eigenvalue weighted by Gasteiger charge is 2.38. The highest BCUT2D eigenvalue weighted by Crippen LogP contribution is 2.47. The number of rotatable bonds is 3. The molecule has 0 aliphatic carbocycles. The minimum atomic E-state index is 0.282. The van der Waals surface area contributed by atoms with Crippen molar-refractivity contribution in [3.63, 3.8) is 0 Å². The van der Waals surface area contributed by atoms with Gasteiger partial charge in [-0.1, -0.05) is 68.8 Å². The lowest BCUT2D eigenvalue weighted by molar-refractivity contribution is 0.235. The fourth-order valence-electron chi connectivity index (χ4n) is 3.62. The molecule has 0 spiro atoms. The summed E-state index contributed by atoms with van der Waals surface area (Å²) in [5.74, 6) is 0. The van der Waals surface area contributed by atoms with Gasteiger partial charge in [0.05, 0.1) is 6.04 Å². The van der Waals surface area contributed by atoms with E-state index in [1.807, 2.05) is 0 Å². The first-order valence-electron chi connectivity index (χ1n) is 7.62. The summed E-state index contributed by atoms with van der Waals surface area (Å²) in [6, 6.07) is 20.0. The molecular weight excluding hydrogens is 242 g/mol. The Labute approximate surface area is 122 Å². The molecule has 1 N–H and O–H groups in total. The van der Waals surface area contributed by atoms with Crippen molar-refractivity contribution in [3.8, 4) is 0 Å². The van der Waals surface area contributed by atoms with E-state index < -0.39 is 0 Å².